The fourth-order valence-electron chi connectivity index (χ4n) is 1.86. The fraction of sp³-hybridized carbons (Fsp3) is 0.385. The number of hydrogen-bond donors (Lipinski definition) is 1. The van der Waals surface area contributed by atoms with Crippen molar-refractivity contribution in [2.24, 2.45) is 0 Å². The van der Waals surface area contributed by atoms with Crippen molar-refractivity contribution in [2.75, 3.05) is 18.8 Å². The van der Waals surface area contributed by atoms with Crippen LogP contribution in [0.1, 0.15) is 18.5 Å². The third-order valence-electron chi connectivity index (χ3n) is 2.93. The lowest BCUT2D eigenvalue weighted by Crippen LogP contribution is -2.38. The molecule has 0 aliphatic carbocycles. The third-order valence-corrected chi connectivity index (χ3v) is 4.35. The van der Waals surface area contributed by atoms with Crippen molar-refractivity contribution in [1.29, 1.82) is 0 Å². The van der Waals surface area contributed by atoms with Gasteiger partial charge in [-0.15, -0.1) is 0 Å². The minimum Gasteiger partial charge on any atom is -0.348 e. The molecule has 1 aromatic carbocycles. The highest BCUT2D eigenvalue weighted by atomic mass is 79.9. The first-order valence-corrected chi connectivity index (χ1v) is 7.80. The van der Waals surface area contributed by atoms with Gasteiger partial charge in [-0.3, -0.25) is 9.59 Å². The molecule has 1 N–H and O–H groups in total. The predicted molar refractivity (Wildman–Crippen MR) is 80.1 cm³/mol. The molecule has 0 aromatic heterocycles. The van der Waals surface area contributed by atoms with E-state index in [1.54, 1.807) is 4.90 Å². The van der Waals surface area contributed by atoms with Crippen LogP contribution in [-0.2, 0) is 4.79 Å². The highest BCUT2D eigenvalue weighted by Crippen LogP contribution is 2.18. The zero-order chi connectivity index (χ0) is 13.8. The van der Waals surface area contributed by atoms with Crippen molar-refractivity contribution >= 4 is 38.8 Å². The summed E-state index contributed by atoms with van der Waals surface area (Å²) >= 11 is 4.64. The van der Waals surface area contributed by atoms with Gasteiger partial charge in [0.1, 0.15) is 6.54 Å². The number of benzene rings is 1. The zero-order valence-corrected chi connectivity index (χ0v) is 13.0. The van der Waals surface area contributed by atoms with E-state index in [4.69, 9.17) is 0 Å². The lowest BCUT2D eigenvalue weighted by molar-refractivity contribution is -0.122. The Labute approximate surface area is 125 Å². The molecule has 1 aliphatic heterocycles. The number of rotatable bonds is 4. The van der Waals surface area contributed by atoms with Crippen molar-refractivity contribution < 1.29 is 9.59 Å². The monoisotopic (exact) mass is 342 g/mol. The van der Waals surface area contributed by atoms with E-state index in [9.17, 15) is 9.59 Å². The van der Waals surface area contributed by atoms with E-state index in [1.165, 1.54) is 11.8 Å². The molecule has 102 valence electrons. The molecule has 0 unspecified atom stereocenters. The van der Waals surface area contributed by atoms with Crippen LogP contribution in [0.3, 0.4) is 0 Å². The normalized spacial score (nSPS) is 16.5. The Hall–Kier alpha value is -1.01. The van der Waals surface area contributed by atoms with Crippen LogP contribution in [0.25, 0.3) is 0 Å². The summed E-state index contributed by atoms with van der Waals surface area (Å²) < 4.78 is 1.01. The molecule has 0 radical (unpaired) electrons. The summed E-state index contributed by atoms with van der Waals surface area (Å²) in [6.45, 7) is 2.73. The van der Waals surface area contributed by atoms with Crippen LogP contribution in [0.4, 0.5) is 4.79 Å². The molecular weight excluding hydrogens is 328 g/mol. The summed E-state index contributed by atoms with van der Waals surface area (Å²) in [7, 11) is 0. The molecule has 1 aromatic rings. The van der Waals surface area contributed by atoms with Gasteiger partial charge >= 0.3 is 0 Å². The number of carbonyl (C=O) groups excluding carboxylic acids is 2. The van der Waals surface area contributed by atoms with Crippen LogP contribution in [0.5, 0.6) is 0 Å². The lowest BCUT2D eigenvalue weighted by atomic mass is 10.1. The predicted octanol–water partition coefficient (Wildman–Crippen LogP) is 2.80. The van der Waals surface area contributed by atoms with E-state index in [0.717, 1.165) is 15.8 Å². The fourth-order valence-corrected chi connectivity index (χ4v) is 2.95. The lowest BCUT2D eigenvalue weighted by Gasteiger charge is -2.18. The zero-order valence-electron chi connectivity index (χ0n) is 10.6. The molecule has 0 spiro atoms. The first-order chi connectivity index (χ1) is 9.06. The number of nitrogens with one attached hydrogen (secondary N) is 1. The van der Waals surface area contributed by atoms with Crippen LogP contribution in [-0.4, -0.2) is 34.9 Å². The summed E-state index contributed by atoms with van der Waals surface area (Å²) in [5.74, 6) is 0.653. The van der Waals surface area contributed by atoms with Crippen LogP contribution in [0.15, 0.2) is 28.7 Å². The van der Waals surface area contributed by atoms with E-state index >= 15 is 0 Å². The van der Waals surface area contributed by atoms with Crippen molar-refractivity contribution in [3.63, 3.8) is 0 Å². The Morgan fingerprint density at radius 1 is 1.47 bits per heavy atom. The second-order valence-electron chi connectivity index (χ2n) is 4.38. The Kier molecular flexibility index (Phi) is 4.87. The number of thioether (sulfide) groups is 1. The molecule has 4 nitrogen and oxygen atoms in total. The summed E-state index contributed by atoms with van der Waals surface area (Å²) in [5, 5.41) is 2.90. The summed E-state index contributed by atoms with van der Waals surface area (Å²) in [6, 6.07) is 7.75. The molecule has 2 rings (SSSR count). The Balaban J connectivity index is 1.87. The largest absolute Gasteiger partial charge is 0.348 e. The molecule has 0 bridgehead atoms. The van der Waals surface area contributed by atoms with Crippen LogP contribution in [0, 0.1) is 0 Å². The maximum absolute atomic E-state index is 11.9. The summed E-state index contributed by atoms with van der Waals surface area (Å²) in [6.07, 6.45) is 0. The second-order valence-corrected chi connectivity index (χ2v) is 6.34. The number of halogens is 1. The number of nitrogens with zero attached hydrogens (tertiary/aromatic N) is 1. The molecule has 1 heterocycles. The van der Waals surface area contributed by atoms with E-state index < -0.39 is 0 Å². The van der Waals surface area contributed by atoms with Gasteiger partial charge in [-0.1, -0.05) is 39.8 Å². The minimum absolute atomic E-state index is 0.00792. The highest BCUT2D eigenvalue weighted by Gasteiger charge is 2.23. The van der Waals surface area contributed by atoms with E-state index in [0.29, 0.717) is 6.54 Å². The first-order valence-electron chi connectivity index (χ1n) is 6.03. The number of hydrogen-bond acceptors (Lipinski definition) is 3. The second kappa shape index (κ2) is 6.43. The molecule has 1 atom stereocenters. The standard InChI is InChI=1S/C13H15BrN2O2S/c1-9(10-2-4-11(14)5-3-10)15-12(17)8-16-6-7-19-13(16)18/h2-5,9H,6-8H2,1H3,(H,15,17)/t9-/m1/s1. The molecule has 0 saturated carbocycles. The van der Waals surface area contributed by atoms with Gasteiger partial charge in [0.25, 0.3) is 5.24 Å². The smallest absolute Gasteiger partial charge is 0.282 e. The summed E-state index contributed by atoms with van der Waals surface area (Å²) in [4.78, 5) is 24.9. The van der Waals surface area contributed by atoms with Gasteiger partial charge in [-0.25, -0.2) is 0 Å². The van der Waals surface area contributed by atoms with Gasteiger partial charge in [0.05, 0.1) is 6.04 Å². The molecule has 1 aliphatic rings. The van der Waals surface area contributed by atoms with Crippen molar-refractivity contribution in [3.8, 4) is 0 Å². The first kappa shape index (κ1) is 14.4. The minimum atomic E-state index is -0.119. The van der Waals surface area contributed by atoms with Crippen LogP contribution in [0.2, 0.25) is 0 Å². The molecule has 2 amide bonds. The van der Waals surface area contributed by atoms with Gasteiger partial charge in [0.2, 0.25) is 5.91 Å². The number of carbonyl (C=O) groups is 2. The topological polar surface area (TPSA) is 49.4 Å². The Morgan fingerprint density at radius 3 is 2.74 bits per heavy atom. The SMILES string of the molecule is C[C@@H](NC(=O)CN1CCSC1=O)c1ccc(Br)cc1. The third kappa shape index (κ3) is 3.98. The highest BCUT2D eigenvalue weighted by molar-refractivity contribution is 9.10. The Morgan fingerprint density at radius 2 is 2.16 bits per heavy atom. The molecule has 19 heavy (non-hydrogen) atoms. The maximum atomic E-state index is 11.9. The van der Waals surface area contributed by atoms with Crippen molar-refractivity contribution in [2.45, 2.75) is 13.0 Å². The number of amides is 2. The molecule has 1 saturated heterocycles. The maximum Gasteiger partial charge on any atom is 0.282 e. The van der Waals surface area contributed by atoms with Crippen LogP contribution >= 0.6 is 27.7 Å². The molecule has 6 heteroatoms. The van der Waals surface area contributed by atoms with Gasteiger partial charge in [-0.05, 0) is 24.6 Å². The van der Waals surface area contributed by atoms with Gasteiger partial charge < -0.3 is 10.2 Å². The quantitative estimate of drug-likeness (QED) is 0.915. The van der Waals surface area contributed by atoms with Gasteiger partial charge in [-0.2, -0.15) is 0 Å². The summed E-state index contributed by atoms with van der Waals surface area (Å²) in [5.41, 5.74) is 1.04. The van der Waals surface area contributed by atoms with Gasteiger partial charge in [0.15, 0.2) is 0 Å². The van der Waals surface area contributed by atoms with E-state index in [-0.39, 0.29) is 23.7 Å². The Bertz CT molecular complexity index is 478. The average Bonchev–Trinajstić information content (AvgIpc) is 2.75. The average molecular weight is 343 g/mol. The molecule has 1 fully saturated rings. The molecular formula is C13H15BrN2O2S. The van der Waals surface area contributed by atoms with Gasteiger partial charge in [0, 0.05) is 16.8 Å². The van der Waals surface area contributed by atoms with Crippen LogP contribution < -0.4 is 5.32 Å². The van der Waals surface area contributed by atoms with E-state index in [1.807, 2.05) is 31.2 Å². The van der Waals surface area contributed by atoms with E-state index in [2.05, 4.69) is 21.2 Å². The van der Waals surface area contributed by atoms with Crippen molar-refractivity contribution in [3.05, 3.63) is 34.3 Å². The van der Waals surface area contributed by atoms with Crippen molar-refractivity contribution in [1.82, 2.24) is 10.2 Å².